The van der Waals surface area contributed by atoms with Crippen LogP contribution in [0.1, 0.15) is 41.6 Å². The van der Waals surface area contributed by atoms with Gasteiger partial charge in [0, 0.05) is 16.5 Å². The first-order chi connectivity index (χ1) is 12.9. The van der Waals surface area contributed by atoms with Crippen LogP contribution in [0.3, 0.4) is 0 Å². The Morgan fingerprint density at radius 1 is 1.30 bits per heavy atom. The van der Waals surface area contributed by atoms with Crippen LogP contribution in [0.15, 0.2) is 46.9 Å². The third-order valence-corrected chi connectivity index (χ3v) is 5.11. The predicted octanol–water partition coefficient (Wildman–Crippen LogP) is 3.50. The van der Waals surface area contributed by atoms with Gasteiger partial charge in [-0.2, -0.15) is 0 Å². The lowest BCUT2D eigenvalue weighted by molar-refractivity contribution is -0.122. The van der Waals surface area contributed by atoms with Gasteiger partial charge >= 0.3 is 6.03 Å². The molecule has 2 unspecified atom stereocenters. The number of carbonyl (C=O) groups excluding carboxylic acids is 2. The monoisotopic (exact) mass is 431 g/mol. The van der Waals surface area contributed by atoms with Gasteiger partial charge in [0.2, 0.25) is 5.91 Å². The highest BCUT2D eigenvalue weighted by Gasteiger charge is 2.25. The Bertz CT molecular complexity index is 856. The van der Waals surface area contributed by atoms with Crippen LogP contribution in [-0.2, 0) is 4.79 Å². The summed E-state index contributed by atoms with van der Waals surface area (Å²) < 4.78 is 6.59. The number of aryl methyl sites for hydroxylation is 1. The van der Waals surface area contributed by atoms with E-state index in [0.717, 1.165) is 26.9 Å². The summed E-state index contributed by atoms with van der Waals surface area (Å²) in [6, 6.07) is 12.1. The number of fused-ring (bicyclic) bond motifs is 1. The molecule has 7 heteroatoms. The van der Waals surface area contributed by atoms with Gasteiger partial charge in [0.1, 0.15) is 5.75 Å². The number of amides is 3. The van der Waals surface area contributed by atoms with E-state index >= 15 is 0 Å². The molecule has 0 aliphatic carbocycles. The second kappa shape index (κ2) is 8.43. The molecule has 3 rings (SSSR count). The summed E-state index contributed by atoms with van der Waals surface area (Å²) >= 11 is 3.46. The fraction of sp³-hybridized carbons (Fsp3) is 0.300. The Balaban J connectivity index is 1.75. The Hall–Kier alpha value is -2.54. The molecule has 4 N–H and O–H groups in total. The van der Waals surface area contributed by atoms with Crippen molar-refractivity contribution in [1.82, 2.24) is 10.6 Å². The maximum atomic E-state index is 12.7. The minimum atomic E-state index is -0.656. The van der Waals surface area contributed by atoms with E-state index in [-0.39, 0.29) is 18.4 Å². The molecular formula is C20H22BrN3O3. The quantitative estimate of drug-likeness (QED) is 0.675. The SMILES string of the molecule is Cc1ccccc1C(CC(=O)NC1CCOc2ccc(Br)cc21)NC(N)=O. The van der Waals surface area contributed by atoms with E-state index in [1.54, 1.807) is 0 Å². The Morgan fingerprint density at radius 2 is 2.07 bits per heavy atom. The first-order valence-corrected chi connectivity index (χ1v) is 9.56. The van der Waals surface area contributed by atoms with E-state index in [2.05, 4.69) is 26.6 Å². The number of nitrogens with one attached hydrogen (secondary N) is 2. The van der Waals surface area contributed by atoms with Crippen molar-refractivity contribution in [2.24, 2.45) is 5.73 Å². The Kier molecular flexibility index (Phi) is 6.01. The van der Waals surface area contributed by atoms with E-state index in [9.17, 15) is 9.59 Å². The van der Waals surface area contributed by atoms with E-state index in [1.807, 2.05) is 49.4 Å². The van der Waals surface area contributed by atoms with Gasteiger partial charge in [-0.15, -0.1) is 0 Å². The number of ether oxygens (including phenoxy) is 1. The number of urea groups is 1. The maximum Gasteiger partial charge on any atom is 0.312 e. The van der Waals surface area contributed by atoms with Crippen LogP contribution >= 0.6 is 15.9 Å². The minimum Gasteiger partial charge on any atom is -0.493 e. The molecule has 0 aromatic heterocycles. The highest BCUT2D eigenvalue weighted by molar-refractivity contribution is 9.10. The summed E-state index contributed by atoms with van der Waals surface area (Å²) in [5.41, 5.74) is 8.13. The molecule has 27 heavy (non-hydrogen) atoms. The van der Waals surface area contributed by atoms with Crippen LogP contribution in [0, 0.1) is 6.92 Å². The number of rotatable bonds is 5. The molecule has 1 heterocycles. The molecule has 3 amide bonds. The van der Waals surface area contributed by atoms with Gasteiger partial charge in [-0.25, -0.2) is 4.79 Å². The Labute approximate surface area is 166 Å². The topological polar surface area (TPSA) is 93.4 Å². The number of primary amides is 1. The van der Waals surface area contributed by atoms with E-state index in [1.165, 1.54) is 0 Å². The third-order valence-electron chi connectivity index (χ3n) is 4.62. The second-order valence-corrected chi connectivity index (χ2v) is 7.48. The molecule has 0 saturated heterocycles. The van der Waals surface area contributed by atoms with Gasteiger partial charge in [0.05, 0.1) is 25.1 Å². The van der Waals surface area contributed by atoms with Crippen LogP contribution < -0.4 is 21.1 Å². The average molecular weight is 432 g/mol. The molecule has 2 atom stereocenters. The zero-order valence-electron chi connectivity index (χ0n) is 15.0. The number of carbonyl (C=O) groups is 2. The van der Waals surface area contributed by atoms with Gasteiger partial charge < -0.3 is 21.1 Å². The number of halogens is 1. The van der Waals surface area contributed by atoms with Crippen LogP contribution in [0.2, 0.25) is 0 Å². The maximum absolute atomic E-state index is 12.7. The minimum absolute atomic E-state index is 0.106. The average Bonchev–Trinajstić information content (AvgIpc) is 2.61. The molecule has 1 aliphatic rings. The van der Waals surface area contributed by atoms with Gasteiger partial charge in [-0.1, -0.05) is 40.2 Å². The summed E-state index contributed by atoms with van der Waals surface area (Å²) in [4.78, 5) is 24.2. The van der Waals surface area contributed by atoms with Crippen molar-refractivity contribution in [2.45, 2.75) is 31.8 Å². The zero-order chi connectivity index (χ0) is 19.4. The zero-order valence-corrected chi connectivity index (χ0v) is 16.6. The number of hydrogen-bond donors (Lipinski definition) is 3. The van der Waals surface area contributed by atoms with Crippen molar-refractivity contribution in [2.75, 3.05) is 6.61 Å². The lowest BCUT2D eigenvalue weighted by atomic mass is 9.97. The van der Waals surface area contributed by atoms with Crippen LogP contribution in [0.5, 0.6) is 5.75 Å². The van der Waals surface area contributed by atoms with Crippen LogP contribution in [0.25, 0.3) is 0 Å². The number of nitrogens with two attached hydrogens (primary N) is 1. The van der Waals surface area contributed by atoms with Gasteiger partial charge in [0.15, 0.2) is 0 Å². The molecule has 6 nitrogen and oxygen atoms in total. The number of benzene rings is 2. The van der Waals surface area contributed by atoms with Crippen molar-refractivity contribution in [3.8, 4) is 5.75 Å². The first-order valence-electron chi connectivity index (χ1n) is 8.77. The van der Waals surface area contributed by atoms with E-state index in [4.69, 9.17) is 10.5 Å². The smallest absolute Gasteiger partial charge is 0.312 e. The largest absolute Gasteiger partial charge is 0.493 e. The lowest BCUT2D eigenvalue weighted by Gasteiger charge is -2.28. The van der Waals surface area contributed by atoms with E-state index in [0.29, 0.717) is 13.0 Å². The molecule has 0 spiro atoms. The van der Waals surface area contributed by atoms with Crippen LogP contribution in [-0.4, -0.2) is 18.5 Å². The lowest BCUT2D eigenvalue weighted by Crippen LogP contribution is -2.38. The highest BCUT2D eigenvalue weighted by atomic mass is 79.9. The summed E-state index contributed by atoms with van der Waals surface area (Å²) in [5, 5.41) is 5.74. The fourth-order valence-electron chi connectivity index (χ4n) is 3.34. The molecular weight excluding hydrogens is 410 g/mol. The van der Waals surface area contributed by atoms with Gasteiger partial charge in [0.25, 0.3) is 0 Å². The first kappa shape index (κ1) is 19.2. The third kappa shape index (κ3) is 4.80. The van der Waals surface area contributed by atoms with Crippen molar-refractivity contribution in [3.63, 3.8) is 0 Å². The van der Waals surface area contributed by atoms with Crippen molar-refractivity contribution < 1.29 is 14.3 Å². The van der Waals surface area contributed by atoms with Crippen LogP contribution in [0.4, 0.5) is 4.79 Å². The van der Waals surface area contributed by atoms with Crippen molar-refractivity contribution in [3.05, 3.63) is 63.6 Å². The summed E-state index contributed by atoms with van der Waals surface area (Å²) in [6.07, 6.45) is 0.794. The molecule has 2 aromatic rings. The molecule has 0 radical (unpaired) electrons. The summed E-state index contributed by atoms with van der Waals surface area (Å²) in [6.45, 7) is 2.48. The molecule has 1 aliphatic heterocycles. The Morgan fingerprint density at radius 3 is 2.81 bits per heavy atom. The molecule has 0 fully saturated rings. The molecule has 142 valence electrons. The second-order valence-electron chi connectivity index (χ2n) is 6.56. The predicted molar refractivity (Wildman–Crippen MR) is 106 cm³/mol. The normalized spacial score (nSPS) is 16.6. The van der Waals surface area contributed by atoms with Crippen molar-refractivity contribution in [1.29, 1.82) is 0 Å². The molecule has 2 aromatic carbocycles. The fourth-order valence-corrected chi connectivity index (χ4v) is 3.72. The molecule has 0 bridgehead atoms. The van der Waals surface area contributed by atoms with Gasteiger partial charge in [-0.3, -0.25) is 4.79 Å². The van der Waals surface area contributed by atoms with E-state index < -0.39 is 12.1 Å². The highest BCUT2D eigenvalue weighted by Crippen LogP contribution is 2.34. The number of hydrogen-bond acceptors (Lipinski definition) is 3. The van der Waals surface area contributed by atoms with Gasteiger partial charge in [-0.05, 0) is 36.2 Å². The standard InChI is InChI=1S/C20H22BrN3O3/c1-12-4-2-3-5-14(12)17(24-20(22)26)11-19(25)23-16-8-9-27-18-7-6-13(21)10-15(16)18/h2-7,10,16-17H,8-9,11H2,1H3,(H,23,25)(H3,22,24,26). The van der Waals surface area contributed by atoms with Crippen molar-refractivity contribution >= 4 is 27.9 Å². The molecule has 0 saturated carbocycles. The summed E-state index contributed by atoms with van der Waals surface area (Å²) in [5.74, 6) is 0.621. The summed E-state index contributed by atoms with van der Waals surface area (Å²) in [7, 11) is 0.